The number of nitrogens with zero attached hydrogens (tertiary/aromatic N) is 5. The van der Waals surface area contributed by atoms with Gasteiger partial charge in [-0.25, -0.2) is 31.9 Å². The van der Waals surface area contributed by atoms with Crippen LogP contribution < -0.4 is 9.47 Å². The Morgan fingerprint density at radius 3 is 2.71 bits per heavy atom. The van der Waals surface area contributed by atoms with Crippen LogP contribution in [-0.2, 0) is 30.2 Å². The van der Waals surface area contributed by atoms with Gasteiger partial charge in [-0.2, -0.15) is 10.2 Å². The van der Waals surface area contributed by atoms with E-state index in [9.17, 15) is 9.90 Å². The third-order valence-corrected chi connectivity index (χ3v) is 9.46. The second-order valence-electron chi connectivity index (χ2n) is 13.2. The first-order valence-corrected chi connectivity index (χ1v) is 16.3. The number of hydrogen-bond donors (Lipinski definition) is 2. The average Bonchev–Trinajstić information content (AvgIpc) is 3.85. The maximum atomic E-state index is 15.8. The molecule has 0 saturated heterocycles. The molecular weight excluding hydrogens is 668 g/mol. The van der Waals surface area contributed by atoms with Crippen LogP contribution in [0.4, 0.5) is 17.6 Å². The lowest BCUT2D eigenvalue weighted by atomic mass is 9.76. The summed E-state index contributed by atoms with van der Waals surface area (Å²) in [7, 11) is 1.56. The largest absolute Gasteiger partial charge is 0.481 e. The zero-order chi connectivity index (χ0) is 36.1. The Morgan fingerprint density at radius 2 is 1.90 bits per heavy atom. The molecule has 6 aromatic rings. The highest BCUT2D eigenvalue weighted by Gasteiger charge is 2.40. The molecule has 1 aliphatic heterocycles. The summed E-state index contributed by atoms with van der Waals surface area (Å²) in [6.45, 7) is 2.25. The summed E-state index contributed by atoms with van der Waals surface area (Å²) in [5.41, 5.74) is 0.885. The molecule has 0 amide bonds. The number of fused-ring (bicyclic) bond motifs is 9. The zero-order valence-corrected chi connectivity index (χ0v) is 28.0. The summed E-state index contributed by atoms with van der Waals surface area (Å²) in [5, 5.41) is 19.0. The monoisotopic (exact) mass is 702 g/mol. The van der Waals surface area contributed by atoms with E-state index in [1.54, 1.807) is 57.4 Å². The molecule has 0 saturated carbocycles. The van der Waals surface area contributed by atoms with Gasteiger partial charge in [0.1, 0.15) is 11.6 Å². The van der Waals surface area contributed by atoms with Crippen LogP contribution in [0.5, 0.6) is 17.4 Å². The number of H-pyrrole nitrogens is 1. The third kappa shape index (κ3) is 6.53. The predicted molar refractivity (Wildman–Crippen MR) is 179 cm³/mol. The quantitative estimate of drug-likeness (QED) is 0.181. The molecule has 264 valence electrons. The molecule has 10 nitrogen and oxygen atoms in total. The standard InChI is InChI=1S/C37H34F4N6O4/c1-21(34(48)49)15-22-5-4-6-23(16-22)36(2)11-12-37(40,41)20-50-31-10-14-43-47(31)19-27-25-9-13-42-30(25)18-29(39)32(27)51-24-7-8-28(38)26(17-24)33-44-35(36)45-46(33)3/h4-10,13-14,16-18,21,42H,11-12,15,19-20H2,1-3H3,(H,48,49). The van der Waals surface area contributed by atoms with Gasteiger partial charge < -0.3 is 19.6 Å². The van der Waals surface area contributed by atoms with E-state index >= 15 is 17.6 Å². The van der Waals surface area contributed by atoms with Crippen molar-refractivity contribution >= 4 is 16.9 Å². The fourth-order valence-electron chi connectivity index (χ4n) is 6.46. The molecule has 2 atom stereocenters. The van der Waals surface area contributed by atoms with E-state index in [-0.39, 0.29) is 54.0 Å². The van der Waals surface area contributed by atoms with Crippen molar-refractivity contribution in [3.8, 4) is 28.8 Å². The Kier molecular flexibility index (Phi) is 8.56. The van der Waals surface area contributed by atoms with Crippen LogP contribution in [0.3, 0.4) is 0 Å². The molecule has 51 heavy (non-hydrogen) atoms. The number of hydrogen-bond acceptors (Lipinski definition) is 6. The highest BCUT2D eigenvalue weighted by atomic mass is 19.3. The molecule has 4 heterocycles. The van der Waals surface area contributed by atoms with Crippen molar-refractivity contribution < 1.29 is 36.9 Å². The van der Waals surface area contributed by atoms with Crippen molar-refractivity contribution in [1.82, 2.24) is 29.5 Å². The Balaban J connectivity index is 1.38. The minimum absolute atomic E-state index is 0.000905. The fraction of sp³-hybridized carbons (Fsp3) is 0.297. The number of nitrogens with one attached hydrogen (secondary N) is 1. The summed E-state index contributed by atoms with van der Waals surface area (Å²) in [5.74, 6) is -6.10. The highest BCUT2D eigenvalue weighted by Crippen LogP contribution is 2.41. The van der Waals surface area contributed by atoms with Crippen molar-refractivity contribution in [2.24, 2.45) is 13.0 Å². The number of carboxylic acid groups (broad SMARTS) is 1. The molecule has 1 aliphatic rings. The Labute approximate surface area is 289 Å². The summed E-state index contributed by atoms with van der Waals surface area (Å²) in [6.07, 6.45) is 2.47. The van der Waals surface area contributed by atoms with Gasteiger partial charge in [-0.1, -0.05) is 31.2 Å². The second-order valence-corrected chi connectivity index (χ2v) is 13.2. The van der Waals surface area contributed by atoms with Crippen LogP contribution in [0.25, 0.3) is 22.3 Å². The number of carboxylic acids is 1. The summed E-state index contributed by atoms with van der Waals surface area (Å²) >= 11 is 0. The van der Waals surface area contributed by atoms with Gasteiger partial charge in [-0.15, -0.1) is 0 Å². The molecule has 3 aromatic heterocycles. The van der Waals surface area contributed by atoms with Gasteiger partial charge >= 0.3 is 5.97 Å². The van der Waals surface area contributed by atoms with Gasteiger partial charge in [0.25, 0.3) is 5.92 Å². The lowest BCUT2D eigenvalue weighted by molar-refractivity contribution is -0.141. The maximum Gasteiger partial charge on any atom is 0.306 e. The van der Waals surface area contributed by atoms with Crippen LogP contribution in [0.1, 0.15) is 49.2 Å². The van der Waals surface area contributed by atoms with E-state index in [1.807, 2.05) is 0 Å². The Hall–Kier alpha value is -5.66. The van der Waals surface area contributed by atoms with Crippen LogP contribution in [0.2, 0.25) is 0 Å². The van der Waals surface area contributed by atoms with Gasteiger partial charge in [-0.05, 0) is 55.2 Å². The van der Waals surface area contributed by atoms with E-state index in [0.29, 0.717) is 27.6 Å². The van der Waals surface area contributed by atoms with Gasteiger partial charge in [-0.3, -0.25) is 4.79 Å². The number of rotatable bonds is 4. The lowest BCUT2D eigenvalue weighted by Crippen LogP contribution is -2.32. The molecule has 2 N–H and O–H groups in total. The topological polar surface area (TPSA) is 120 Å². The molecule has 0 aliphatic carbocycles. The smallest absolute Gasteiger partial charge is 0.306 e. The van der Waals surface area contributed by atoms with E-state index in [4.69, 9.17) is 14.5 Å². The molecule has 3 aromatic carbocycles. The molecular formula is C37H34F4N6O4. The third-order valence-electron chi connectivity index (χ3n) is 9.46. The van der Waals surface area contributed by atoms with Crippen LogP contribution in [0, 0.1) is 17.6 Å². The maximum absolute atomic E-state index is 15.8. The average molecular weight is 703 g/mol. The van der Waals surface area contributed by atoms with Crippen molar-refractivity contribution in [2.45, 2.75) is 51.0 Å². The first-order chi connectivity index (χ1) is 24.3. The van der Waals surface area contributed by atoms with Gasteiger partial charge in [0.15, 0.2) is 29.8 Å². The number of alkyl halides is 2. The SMILES string of the molecule is CC(Cc1cccc(C2(C)CCC(F)(F)COc3ccnn3Cc3c(c(F)cc4[nH]ccc34)Oc3ccc(F)c(c3)-c3nc2nn3C)c1)C(=O)O. The van der Waals surface area contributed by atoms with Gasteiger partial charge in [0, 0.05) is 48.3 Å². The van der Waals surface area contributed by atoms with Crippen LogP contribution in [-0.4, -0.2) is 53.1 Å². The summed E-state index contributed by atoms with van der Waals surface area (Å²) in [4.78, 5) is 19.3. The fourth-order valence-corrected chi connectivity index (χ4v) is 6.46. The summed E-state index contributed by atoms with van der Waals surface area (Å²) in [6, 6.07) is 15.4. The molecule has 2 unspecified atom stereocenters. The number of aromatic nitrogens is 6. The first-order valence-electron chi connectivity index (χ1n) is 16.3. The van der Waals surface area contributed by atoms with Crippen LogP contribution >= 0.6 is 0 Å². The first kappa shape index (κ1) is 33.8. The number of ether oxygens (including phenoxy) is 2. The lowest BCUT2D eigenvalue weighted by Gasteiger charge is -2.30. The molecule has 7 rings (SSSR count). The van der Waals surface area contributed by atoms with Crippen molar-refractivity contribution in [3.63, 3.8) is 0 Å². The molecule has 0 spiro atoms. The van der Waals surface area contributed by atoms with E-state index in [2.05, 4.69) is 15.2 Å². The van der Waals surface area contributed by atoms with E-state index in [0.717, 1.165) is 0 Å². The minimum atomic E-state index is -3.34. The number of aromatic amines is 1. The van der Waals surface area contributed by atoms with Gasteiger partial charge in [0.2, 0.25) is 5.88 Å². The van der Waals surface area contributed by atoms with Crippen LogP contribution in [0.15, 0.2) is 73.1 Å². The van der Waals surface area contributed by atoms with Crippen molar-refractivity contribution in [3.05, 3.63) is 107 Å². The Morgan fingerprint density at radius 1 is 1.08 bits per heavy atom. The minimum Gasteiger partial charge on any atom is -0.481 e. The number of halogens is 4. The number of aryl methyl sites for hydroxylation is 1. The van der Waals surface area contributed by atoms with Crippen molar-refractivity contribution in [1.29, 1.82) is 0 Å². The Bertz CT molecular complexity index is 2260. The normalized spacial score (nSPS) is 18.1. The summed E-state index contributed by atoms with van der Waals surface area (Å²) < 4.78 is 77.4. The molecule has 0 radical (unpaired) electrons. The molecule has 0 fully saturated rings. The number of carbonyl (C=O) groups is 1. The van der Waals surface area contributed by atoms with Crippen molar-refractivity contribution in [2.75, 3.05) is 6.61 Å². The van der Waals surface area contributed by atoms with E-state index in [1.165, 1.54) is 45.9 Å². The predicted octanol–water partition coefficient (Wildman–Crippen LogP) is 7.66. The molecule has 4 bridgehead atoms. The van der Waals surface area contributed by atoms with Gasteiger partial charge in [0.05, 0.1) is 29.6 Å². The molecule has 14 heteroatoms. The zero-order valence-electron chi connectivity index (χ0n) is 28.0. The number of benzene rings is 3. The highest BCUT2D eigenvalue weighted by molar-refractivity contribution is 5.85. The number of aliphatic carboxylic acids is 1. The van der Waals surface area contributed by atoms with E-state index < -0.39 is 47.9 Å². The second kappa shape index (κ2) is 12.9.